The van der Waals surface area contributed by atoms with Crippen LogP contribution in [0.15, 0.2) is 158 Å². The molecule has 0 spiro atoms. The number of ether oxygens (including phenoxy) is 2. The van der Waals surface area contributed by atoms with E-state index in [4.69, 9.17) is 9.47 Å². The topological polar surface area (TPSA) is 30.5 Å². The summed E-state index contributed by atoms with van der Waals surface area (Å²) in [6, 6.07) is 54.9. The molecule has 204 valence electrons. The van der Waals surface area contributed by atoms with Crippen molar-refractivity contribution < 1.29 is 9.47 Å². The molecule has 1 aliphatic heterocycles. The van der Waals surface area contributed by atoms with E-state index in [1.807, 2.05) is 36.4 Å². The lowest BCUT2D eigenvalue weighted by Gasteiger charge is -2.42. The van der Waals surface area contributed by atoms with Crippen LogP contribution in [0.3, 0.4) is 0 Å². The molecule has 0 unspecified atom stereocenters. The summed E-state index contributed by atoms with van der Waals surface area (Å²) in [6.07, 6.45) is 0. The van der Waals surface area contributed by atoms with Gasteiger partial charge in [0.1, 0.15) is 24.7 Å². The summed E-state index contributed by atoms with van der Waals surface area (Å²) in [7, 11) is 0. The van der Waals surface area contributed by atoms with E-state index in [2.05, 4.69) is 127 Å². The molecule has 1 N–H and O–H groups in total. The molecule has 0 fully saturated rings. The van der Waals surface area contributed by atoms with E-state index in [-0.39, 0.29) is 0 Å². The lowest BCUT2D eigenvalue weighted by atomic mass is 9.63. The van der Waals surface area contributed by atoms with Crippen LogP contribution in [0.1, 0.15) is 33.4 Å². The molecule has 6 aromatic rings. The number of benzene rings is 6. The Hall–Kier alpha value is -5.28. The Morgan fingerprint density at radius 1 is 0.405 bits per heavy atom. The minimum atomic E-state index is -0.533. The molecule has 0 radical (unpaired) electrons. The Kier molecular flexibility index (Phi) is 6.91. The van der Waals surface area contributed by atoms with E-state index in [0.29, 0.717) is 13.2 Å². The SMILES string of the molecule is c1ccc(COc2ccc(C3(c4ccc(OCc5ccccc5)cc4)c4ccccc4Nc4ccccc43)cc2)cc1. The fourth-order valence-electron chi connectivity index (χ4n) is 6.00. The second-order valence-electron chi connectivity index (χ2n) is 10.6. The lowest BCUT2D eigenvalue weighted by Crippen LogP contribution is -2.35. The van der Waals surface area contributed by atoms with Crippen LogP contribution in [0.4, 0.5) is 11.4 Å². The Morgan fingerprint density at radius 2 is 0.786 bits per heavy atom. The highest BCUT2D eigenvalue weighted by Gasteiger charge is 2.43. The zero-order chi connectivity index (χ0) is 28.2. The van der Waals surface area contributed by atoms with E-state index in [9.17, 15) is 0 Å². The lowest BCUT2D eigenvalue weighted by molar-refractivity contribution is 0.306. The first-order valence-electron chi connectivity index (χ1n) is 14.3. The van der Waals surface area contributed by atoms with Crippen LogP contribution < -0.4 is 14.8 Å². The van der Waals surface area contributed by atoms with Gasteiger partial charge in [-0.1, -0.05) is 121 Å². The second-order valence-corrected chi connectivity index (χ2v) is 10.6. The van der Waals surface area contributed by atoms with Crippen LogP contribution in [0, 0.1) is 0 Å². The molecule has 3 nitrogen and oxygen atoms in total. The molecule has 0 bridgehead atoms. The highest BCUT2D eigenvalue weighted by molar-refractivity contribution is 5.81. The van der Waals surface area contributed by atoms with Gasteiger partial charge in [0.05, 0.1) is 5.41 Å². The van der Waals surface area contributed by atoms with E-state index >= 15 is 0 Å². The Labute approximate surface area is 247 Å². The van der Waals surface area contributed by atoms with Gasteiger partial charge in [-0.25, -0.2) is 0 Å². The number of anilines is 2. The largest absolute Gasteiger partial charge is 0.489 e. The average Bonchev–Trinajstić information content (AvgIpc) is 3.07. The molecule has 0 aliphatic carbocycles. The first-order chi connectivity index (χ1) is 20.8. The highest BCUT2D eigenvalue weighted by Crippen LogP contribution is 2.53. The summed E-state index contributed by atoms with van der Waals surface area (Å²) in [5.74, 6) is 1.69. The highest BCUT2D eigenvalue weighted by atomic mass is 16.5. The van der Waals surface area contributed by atoms with Gasteiger partial charge in [0.2, 0.25) is 0 Å². The summed E-state index contributed by atoms with van der Waals surface area (Å²) in [5, 5.41) is 3.69. The van der Waals surface area contributed by atoms with Crippen LogP contribution in [-0.2, 0) is 18.6 Å². The molecule has 1 heterocycles. The summed E-state index contributed by atoms with van der Waals surface area (Å²) in [5.41, 5.74) is 8.73. The van der Waals surface area contributed by atoms with Crippen molar-refractivity contribution in [2.24, 2.45) is 0 Å². The summed E-state index contributed by atoms with van der Waals surface area (Å²) in [4.78, 5) is 0. The summed E-state index contributed by atoms with van der Waals surface area (Å²) < 4.78 is 12.3. The monoisotopic (exact) mass is 545 g/mol. The third-order valence-corrected chi connectivity index (χ3v) is 8.00. The standard InChI is InChI=1S/C39H31NO2/c1-3-11-29(12-4-1)27-41-33-23-19-31(20-24-33)39(32-21-25-34(26-22-32)42-28-30-13-5-2-6-14-30)35-15-7-9-17-37(35)40-38-18-10-8-16-36(38)39/h1-26,40H,27-28H2. The van der Waals surface area contributed by atoms with Crippen molar-refractivity contribution in [2.75, 3.05) is 5.32 Å². The molecule has 3 heteroatoms. The smallest absolute Gasteiger partial charge is 0.119 e. The van der Waals surface area contributed by atoms with Crippen molar-refractivity contribution in [1.82, 2.24) is 0 Å². The third-order valence-electron chi connectivity index (χ3n) is 8.00. The van der Waals surface area contributed by atoms with E-state index in [1.54, 1.807) is 0 Å². The van der Waals surface area contributed by atoms with Gasteiger partial charge in [-0.3, -0.25) is 0 Å². The van der Waals surface area contributed by atoms with Crippen LogP contribution in [-0.4, -0.2) is 0 Å². The minimum absolute atomic E-state index is 0.533. The molecular formula is C39H31NO2. The fourth-order valence-corrected chi connectivity index (χ4v) is 6.00. The minimum Gasteiger partial charge on any atom is -0.489 e. The summed E-state index contributed by atoms with van der Waals surface area (Å²) >= 11 is 0. The first kappa shape index (κ1) is 25.7. The van der Waals surface area contributed by atoms with Crippen LogP contribution in [0.5, 0.6) is 11.5 Å². The van der Waals surface area contributed by atoms with Crippen molar-refractivity contribution in [2.45, 2.75) is 18.6 Å². The molecular weight excluding hydrogens is 514 g/mol. The van der Waals surface area contributed by atoms with Gasteiger partial charge in [0, 0.05) is 11.4 Å². The maximum absolute atomic E-state index is 6.16. The number of hydrogen-bond donors (Lipinski definition) is 1. The van der Waals surface area contributed by atoms with Crippen molar-refractivity contribution in [3.8, 4) is 11.5 Å². The number of nitrogens with one attached hydrogen (secondary N) is 1. The van der Waals surface area contributed by atoms with Crippen molar-refractivity contribution in [1.29, 1.82) is 0 Å². The molecule has 0 aromatic heterocycles. The van der Waals surface area contributed by atoms with Gasteiger partial charge >= 0.3 is 0 Å². The van der Waals surface area contributed by atoms with E-state index in [1.165, 1.54) is 22.3 Å². The zero-order valence-corrected chi connectivity index (χ0v) is 23.2. The van der Waals surface area contributed by atoms with E-state index in [0.717, 1.165) is 34.0 Å². The predicted octanol–water partition coefficient (Wildman–Crippen LogP) is 9.28. The second kappa shape index (κ2) is 11.3. The van der Waals surface area contributed by atoms with Gasteiger partial charge in [-0.05, 0) is 69.8 Å². The normalized spacial score (nSPS) is 12.9. The molecule has 1 aliphatic rings. The van der Waals surface area contributed by atoms with Gasteiger partial charge in [0.15, 0.2) is 0 Å². The third kappa shape index (κ3) is 4.80. The number of rotatable bonds is 8. The molecule has 6 aromatic carbocycles. The van der Waals surface area contributed by atoms with Crippen molar-refractivity contribution in [3.05, 3.63) is 191 Å². The van der Waals surface area contributed by atoms with Gasteiger partial charge < -0.3 is 14.8 Å². The molecule has 0 saturated carbocycles. The van der Waals surface area contributed by atoms with Crippen LogP contribution in [0.25, 0.3) is 0 Å². The van der Waals surface area contributed by atoms with Crippen molar-refractivity contribution in [3.63, 3.8) is 0 Å². The maximum atomic E-state index is 6.16. The molecule has 7 rings (SSSR count). The Bertz CT molecular complexity index is 1640. The zero-order valence-electron chi connectivity index (χ0n) is 23.2. The van der Waals surface area contributed by atoms with Gasteiger partial charge in [-0.2, -0.15) is 0 Å². The Balaban J connectivity index is 1.30. The van der Waals surface area contributed by atoms with Gasteiger partial charge in [0.25, 0.3) is 0 Å². The molecule has 0 atom stereocenters. The number of fused-ring (bicyclic) bond motifs is 2. The first-order valence-corrected chi connectivity index (χ1v) is 14.3. The molecule has 42 heavy (non-hydrogen) atoms. The van der Waals surface area contributed by atoms with Crippen LogP contribution in [0.2, 0.25) is 0 Å². The summed E-state index contributed by atoms with van der Waals surface area (Å²) in [6.45, 7) is 1.07. The van der Waals surface area contributed by atoms with Crippen molar-refractivity contribution >= 4 is 11.4 Å². The average molecular weight is 546 g/mol. The molecule has 0 amide bonds. The fraction of sp³-hybridized carbons (Fsp3) is 0.0769. The van der Waals surface area contributed by atoms with E-state index < -0.39 is 5.41 Å². The molecule has 0 saturated heterocycles. The number of hydrogen-bond acceptors (Lipinski definition) is 3. The van der Waals surface area contributed by atoms with Crippen LogP contribution >= 0.6 is 0 Å². The maximum Gasteiger partial charge on any atom is 0.119 e. The Morgan fingerprint density at radius 3 is 1.21 bits per heavy atom. The predicted molar refractivity (Wildman–Crippen MR) is 170 cm³/mol. The van der Waals surface area contributed by atoms with Gasteiger partial charge in [-0.15, -0.1) is 0 Å². The quantitative estimate of drug-likeness (QED) is 0.206. The number of para-hydroxylation sites is 2.